The van der Waals surface area contributed by atoms with Crippen molar-refractivity contribution in [2.45, 2.75) is 46.0 Å². The molecule has 0 unspecified atom stereocenters. The van der Waals surface area contributed by atoms with E-state index in [1.807, 2.05) is 24.3 Å². The highest BCUT2D eigenvalue weighted by Crippen LogP contribution is 2.17. The quantitative estimate of drug-likeness (QED) is 0.496. The molecule has 2 aromatic rings. The van der Waals surface area contributed by atoms with Gasteiger partial charge in [0.1, 0.15) is 11.5 Å². The lowest BCUT2D eigenvalue weighted by Crippen LogP contribution is -2.13. The van der Waals surface area contributed by atoms with Crippen molar-refractivity contribution in [2.75, 3.05) is 0 Å². The van der Waals surface area contributed by atoms with Gasteiger partial charge < -0.3 is 9.47 Å². The Morgan fingerprint density at radius 1 is 0.739 bits per heavy atom. The third-order valence-electron chi connectivity index (χ3n) is 3.61. The summed E-state index contributed by atoms with van der Waals surface area (Å²) in [5.41, 5.74) is 2.48. The molecule has 0 aromatic heterocycles. The van der Waals surface area contributed by atoms with E-state index in [0.29, 0.717) is 11.5 Å². The predicted octanol–water partition coefficient (Wildman–Crippen LogP) is 5.56. The molecule has 0 bridgehead atoms. The fraction of sp³-hybridized carbons (Fsp3) is 0.350. The van der Waals surface area contributed by atoms with Gasteiger partial charge in [0.25, 0.3) is 0 Å². The molecule has 0 atom stereocenters. The molecule has 122 valence electrons. The number of aryl methyl sites for hydroxylation is 2. The van der Waals surface area contributed by atoms with E-state index in [9.17, 15) is 4.79 Å². The van der Waals surface area contributed by atoms with Gasteiger partial charge in [-0.25, -0.2) is 4.79 Å². The first-order valence-electron chi connectivity index (χ1n) is 8.28. The van der Waals surface area contributed by atoms with Gasteiger partial charge in [0.15, 0.2) is 0 Å². The normalized spacial score (nSPS) is 10.3. The van der Waals surface area contributed by atoms with Crippen LogP contribution in [0, 0.1) is 0 Å². The lowest BCUT2D eigenvalue weighted by atomic mass is 10.1. The standard InChI is InChI=1S/C20H24O3/c1-3-5-7-17-10-14-19(15-11-17)23-20(21)22-18-12-8-16(6-4-2)9-13-18/h8-15H,3-7H2,1-2H3. The molecular formula is C20H24O3. The van der Waals surface area contributed by atoms with Crippen molar-refractivity contribution in [3.05, 3.63) is 59.7 Å². The van der Waals surface area contributed by atoms with Gasteiger partial charge in [-0.05, 0) is 54.7 Å². The molecule has 0 aliphatic carbocycles. The summed E-state index contributed by atoms with van der Waals surface area (Å²) in [6.45, 7) is 4.30. The van der Waals surface area contributed by atoms with Crippen molar-refractivity contribution in [3.8, 4) is 11.5 Å². The summed E-state index contributed by atoms with van der Waals surface area (Å²) in [6.07, 6.45) is 4.78. The summed E-state index contributed by atoms with van der Waals surface area (Å²) < 4.78 is 10.4. The van der Waals surface area contributed by atoms with E-state index in [2.05, 4.69) is 13.8 Å². The molecule has 0 aliphatic rings. The number of carbonyl (C=O) groups excluding carboxylic acids is 1. The molecule has 0 saturated carbocycles. The van der Waals surface area contributed by atoms with E-state index >= 15 is 0 Å². The third-order valence-corrected chi connectivity index (χ3v) is 3.61. The number of hydrogen-bond donors (Lipinski definition) is 0. The maximum absolute atomic E-state index is 11.8. The van der Waals surface area contributed by atoms with Crippen molar-refractivity contribution < 1.29 is 14.3 Å². The van der Waals surface area contributed by atoms with Crippen molar-refractivity contribution >= 4 is 6.16 Å². The summed E-state index contributed by atoms with van der Waals surface area (Å²) in [5.74, 6) is 0.993. The lowest BCUT2D eigenvalue weighted by Gasteiger charge is -2.07. The summed E-state index contributed by atoms with van der Waals surface area (Å²) >= 11 is 0. The minimum absolute atomic E-state index is 0.495. The van der Waals surface area contributed by atoms with Crippen LogP contribution in [-0.4, -0.2) is 6.16 Å². The molecule has 0 spiro atoms. The highest BCUT2D eigenvalue weighted by Gasteiger charge is 2.08. The minimum atomic E-state index is -0.713. The van der Waals surface area contributed by atoms with Crippen LogP contribution in [0.2, 0.25) is 0 Å². The van der Waals surface area contributed by atoms with E-state index in [4.69, 9.17) is 9.47 Å². The Balaban J connectivity index is 1.86. The van der Waals surface area contributed by atoms with Crippen LogP contribution in [0.25, 0.3) is 0 Å². The maximum Gasteiger partial charge on any atom is 0.519 e. The Bertz CT molecular complexity index is 600. The SMILES string of the molecule is CCCCc1ccc(OC(=O)Oc2ccc(CCC)cc2)cc1. The molecule has 3 nitrogen and oxygen atoms in total. The van der Waals surface area contributed by atoms with Gasteiger partial charge in [0.05, 0.1) is 0 Å². The fourth-order valence-corrected chi connectivity index (χ4v) is 2.33. The van der Waals surface area contributed by atoms with Crippen molar-refractivity contribution in [3.63, 3.8) is 0 Å². The topological polar surface area (TPSA) is 35.5 Å². The third kappa shape index (κ3) is 5.78. The molecule has 0 saturated heterocycles. The maximum atomic E-state index is 11.8. The molecule has 3 heteroatoms. The Morgan fingerprint density at radius 3 is 1.65 bits per heavy atom. The average molecular weight is 312 g/mol. The van der Waals surface area contributed by atoms with Crippen molar-refractivity contribution in [1.29, 1.82) is 0 Å². The molecule has 0 radical (unpaired) electrons. The molecule has 0 fully saturated rings. The van der Waals surface area contributed by atoms with Crippen LogP contribution >= 0.6 is 0 Å². The zero-order chi connectivity index (χ0) is 16.5. The molecule has 23 heavy (non-hydrogen) atoms. The van der Waals surface area contributed by atoms with Crippen LogP contribution in [0.4, 0.5) is 4.79 Å². The fourth-order valence-electron chi connectivity index (χ4n) is 2.33. The zero-order valence-corrected chi connectivity index (χ0v) is 13.9. The number of rotatable bonds is 7. The van der Waals surface area contributed by atoms with E-state index < -0.39 is 6.16 Å². The van der Waals surface area contributed by atoms with E-state index in [1.54, 1.807) is 24.3 Å². The predicted molar refractivity (Wildman–Crippen MR) is 92.1 cm³/mol. The second-order valence-corrected chi connectivity index (χ2v) is 5.60. The molecule has 0 aliphatic heterocycles. The largest absolute Gasteiger partial charge is 0.519 e. The number of carbonyl (C=O) groups is 1. The van der Waals surface area contributed by atoms with E-state index in [0.717, 1.165) is 25.7 Å². The number of ether oxygens (including phenoxy) is 2. The molecule has 0 heterocycles. The van der Waals surface area contributed by atoms with Crippen LogP contribution in [0.3, 0.4) is 0 Å². The average Bonchev–Trinajstić information content (AvgIpc) is 2.56. The van der Waals surface area contributed by atoms with Crippen LogP contribution in [0.15, 0.2) is 48.5 Å². The second kappa shape index (κ2) is 8.99. The Hall–Kier alpha value is -2.29. The van der Waals surface area contributed by atoms with Gasteiger partial charge in [0, 0.05) is 0 Å². The highest BCUT2D eigenvalue weighted by molar-refractivity contribution is 5.67. The van der Waals surface area contributed by atoms with Gasteiger partial charge >= 0.3 is 6.16 Å². The number of unbranched alkanes of at least 4 members (excludes halogenated alkanes) is 1. The first-order chi connectivity index (χ1) is 11.2. The summed E-state index contributed by atoms with van der Waals surface area (Å²) in [6, 6.07) is 15.1. The van der Waals surface area contributed by atoms with Crippen molar-refractivity contribution in [1.82, 2.24) is 0 Å². The monoisotopic (exact) mass is 312 g/mol. The summed E-state index contributed by atoms with van der Waals surface area (Å²) in [4.78, 5) is 11.8. The van der Waals surface area contributed by atoms with Crippen LogP contribution in [-0.2, 0) is 12.8 Å². The first-order valence-corrected chi connectivity index (χ1v) is 8.28. The Morgan fingerprint density at radius 2 is 1.22 bits per heavy atom. The van der Waals surface area contributed by atoms with Crippen LogP contribution < -0.4 is 9.47 Å². The van der Waals surface area contributed by atoms with Crippen LogP contribution in [0.5, 0.6) is 11.5 Å². The van der Waals surface area contributed by atoms with Crippen LogP contribution in [0.1, 0.15) is 44.2 Å². The van der Waals surface area contributed by atoms with Crippen molar-refractivity contribution in [2.24, 2.45) is 0 Å². The highest BCUT2D eigenvalue weighted by atomic mass is 16.7. The molecular weight excluding hydrogens is 288 g/mol. The van der Waals surface area contributed by atoms with Gasteiger partial charge in [-0.1, -0.05) is 51.0 Å². The zero-order valence-electron chi connectivity index (χ0n) is 13.9. The molecule has 2 rings (SSSR count). The summed E-state index contributed by atoms with van der Waals surface area (Å²) in [7, 11) is 0. The van der Waals surface area contributed by atoms with Gasteiger partial charge in [0.2, 0.25) is 0 Å². The Labute approximate surface area is 138 Å². The van der Waals surface area contributed by atoms with Gasteiger partial charge in [-0.15, -0.1) is 0 Å². The smallest absolute Gasteiger partial charge is 0.395 e. The van der Waals surface area contributed by atoms with E-state index in [-0.39, 0.29) is 0 Å². The molecule has 2 aromatic carbocycles. The second-order valence-electron chi connectivity index (χ2n) is 5.60. The molecule has 0 amide bonds. The minimum Gasteiger partial charge on any atom is -0.395 e. The van der Waals surface area contributed by atoms with E-state index in [1.165, 1.54) is 17.5 Å². The molecule has 0 N–H and O–H groups in total. The number of benzene rings is 2. The lowest BCUT2D eigenvalue weighted by molar-refractivity contribution is 0.152. The number of hydrogen-bond acceptors (Lipinski definition) is 3. The van der Waals surface area contributed by atoms with Gasteiger partial charge in [-0.2, -0.15) is 0 Å². The van der Waals surface area contributed by atoms with Gasteiger partial charge in [-0.3, -0.25) is 0 Å². The summed E-state index contributed by atoms with van der Waals surface area (Å²) in [5, 5.41) is 0. The first kappa shape index (κ1) is 17.1. The Kier molecular flexibility index (Phi) is 6.67.